The molecule has 2 amide bonds. The summed E-state index contributed by atoms with van der Waals surface area (Å²) in [4.78, 5) is 27.0. The highest BCUT2D eigenvalue weighted by Crippen LogP contribution is 2.38. The Morgan fingerprint density at radius 1 is 1.00 bits per heavy atom. The molecule has 2 aromatic rings. The molecule has 0 aromatic heterocycles. The van der Waals surface area contributed by atoms with E-state index in [1.54, 1.807) is 42.3 Å². The van der Waals surface area contributed by atoms with Crippen molar-refractivity contribution in [1.82, 2.24) is 0 Å². The number of nitrogens with zero attached hydrogens (tertiary/aromatic N) is 1. The maximum Gasteiger partial charge on any atom is 0.229 e. The van der Waals surface area contributed by atoms with E-state index < -0.39 is 5.92 Å². The van der Waals surface area contributed by atoms with Crippen molar-refractivity contribution in [1.29, 1.82) is 0 Å². The maximum absolute atomic E-state index is 12.9. The number of amides is 2. The minimum atomic E-state index is -0.546. The molecule has 1 fully saturated rings. The van der Waals surface area contributed by atoms with Gasteiger partial charge in [0.2, 0.25) is 11.8 Å². The minimum absolute atomic E-state index is 0.0774. The van der Waals surface area contributed by atoms with E-state index in [4.69, 9.17) is 30.5 Å². The number of ether oxygens (including phenoxy) is 4. The molecule has 0 radical (unpaired) electrons. The van der Waals surface area contributed by atoms with Crippen molar-refractivity contribution in [3.05, 3.63) is 35.4 Å². The van der Waals surface area contributed by atoms with Gasteiger partial charge in [-0.3, -0.25) is 9.59 Å². The SMILES string of the molecule is COc1ccc(N2CC(C(=O)Nc3cc(OC)c(Cl)cc3OC)CC2=O)c(OC)c1. The Morgan fingerprint density at radius 3 is 2.33 bits per heavy atom. The number of carbonyl (C=O) groups excluding carboxylic acids is 2. The number of rotatable bonds is 7. The first-order chi connectivity index (χ1) is 14.4. The molecule has 2 aromatic carbocycles. The number of hydrogen-bond donors (Lipinski definition) is 1. The quantitative estimate of drug-likeness (QED) is 0.719. The van der Waals surface area contributed by atoms with Gasteiger partial charge in [-0.25, -0.2) is 0 Å². The van der Waals surface area contributed by atoms with Crippen LogP contribution in [-0.2, 0) is 9.59 Å². The zero-order valence-corrected chi connectivity index (χ0v) is 17.9. The maximum atomic E-state index is 12.9. The van der Waals surface area contributed by atoms with Crippen LogP contribution in [0.2, 0.25) is 5.02 Å². The number of benzene rings is 2. The van der Waals surface area contributed by atoms with Crippen molar-refractivity contribution in [3.63, 3.8) is 0 Å². The molecule has 0 saturated carbocycles. The fourth-order valence-electron chi connectivity index (χ4n) is 3.32. The molecular formula is C21H23ClN2O6. The number of methoxy groups -OCH3 is 4. The third-order valence-corrected chi connectivity index (χ3v) is 5.20. The van der Waals surface area contributed by atoms with Crippen molar-refractivity contribution in [3.8, 4) is 23.0 Å². The van der Waals surface area contributed by atoms with Crippen LogP contribution in [0.5, 0.6) is 23.0 Å². The van der Waals surface area contributed by atoms with Crippen LogP contribution in [0.25, 0.3) is 0 Å². The zero-order chi connectivity index (χ0) is 21.8. The molecule has 3 rings (SSSR count). The molecular weight excluding hydrogens is 412 g/mol. The molecule has 1 atom stereocenters. The predicted octanol–water partition coefficient (Wildman–Crippen LogP) is 3.37. The van der Waals surface area contributed by atoms with E-state index in [1.165, 1.54) is 21.3 Å². The summed E-state index contributed by atoms with van der Waals surface area (Å²) in [5.41, 5.74) is 1.00. The van der Waals surface area contributed by atoms with Crippen molar-refractivity contribution in [2.45, 2.75) is 6.42 Å². The van der Waals surface area contributed by atoms with Gasteiger partial charge in [-0.05, 0) is 12.1 Å². The highest BCUT2D eigenvalue weighted by Gasteiger charge is 2.36. The highest BCUT2D eigenvalue weighted by atomic mass is 35.5. The summed E-state index contributed by atoms with van der Waals surface area (Å²) in [5.74, 6) is 0.885. The number of hydrogen-bond acceptors (Lipinski definition) is 6. The number of halogens is 1. The Balaban J connectivity index is 1.79. The Kier molecular flexibility index (Phi) is 6.56. The van der Waals surface area contributed by atoms with E-state index in [1.807, 2.05) is 0 Å². The summed E-state index contributed by atoms with van der Waals surface area (Å²) in [6, 6.07) is 8.32. The Labute approximate surface area is 179 Å². The molecule has 8 nitrogen and oxygen atoms in total. The van der Waals surface area contributed by atoms with Gasteiger partial charge < -0.3 is 29.2 Å². The van der Waals surface area contributed by atoms with Crippen LogP contribution in [0.1, 0.15) is 6.42 Å². The van der Waals surface area contributed by atoms with Crippen molar-refractivity contribution in [2.24, 2.45) is 5.92 Å². The summed E-state index contributed by atoms with van der Waals surface area (Å²) in [6.45, 7) is 0.223. The molecule has 1 aliphatic heterocycles. The average Bonchev–Trinajstić information content (AvgIpc) is 3.15. The topological polar surface area (TPSA) is 86.3 Å². The average molecular weight is 435 g/mol. The molecule has 1 saturated heterocycles. The van der Waals surface area contributed by atoms with Gasteiger partial charge >= 0.3 is 0 Å². The Hall–Kier alpha value is -3.13. The molecule has 1 N–H and O–H groups in total. The molecule has 1 unspecified atom stereocenters. The van der Waals surface area contributed by atoms with E-state index in [0.29, 0.717) is 39.4 Å². The van der Waals surface area contributed by atoms with Crippen molar-refractivity contribution >= 4 is 34.8 Å². The van der Waals surface area contributed by atoms with Crippen LogP contribution in [0, 0.1) is 5.92 Å². The number of anilines is 2. The van der Waals surface area contributed by atoms with E-state index in [2.05, 4.69) is 5.32 Å². The van der Waals surface area contributed by atoms with Crippen molar-refractivity contribution < 1.29 is 28.5 Å². The van der Waals surface area contributed by atoms with Gasteiger partial charge in [-0.15, -0.1) is 0 Å². The predicted molar refractivity (Wildman–Crippen MR) is 113 cm³/mol. The lowest BCUT2D eigenvalue weighted by atomic mass is 10.1. The molecule has 1 heterocycles. The summed E-state index contributed by atoms with van der Waals surface area (Å²) in [5, 5.41) is 3.17. The normalized spacial score (nSPS) is 15.7. The van der Waals surface area contributed by atoms with E-state index in [0.717, 1.165) is 0 Å². The van der Waals surface area contributed by atoms with Crippen molar-refractivity contribution in [2.75, 3.05) is 45.2 Å². The van der Waals surface area contributed by atoms with Crippen LogP contribution in [0.15, 0.2) is 30.3 Å². The number of carbonyl (C=O) groups is 2. The highest BCUT2D eigenvalue weighted by molar-refractivity contribution is 6.32. The summed E-state index contributed by atoms with van der Waals surface area (Å²) in [7, 11) is 6.03. The van der Waals surface area contributed by atoms with Gasteiger partial charge in [-0.1, -0.05) is 11.6 Å². The second-order valence-corrected chi connectivity index (χ2v) is 7.03. The lowest BCUT2D eigenvalue weighted by Crippen LogP contribution is -2.28. The fourth-order valence-corrected chi connectivity index (χ4v) is 3.55. The van der Waals surface area contributed by atoms with Gasteiger partial charge in [0.15, 0.2) is 0 Å². The molecule has 1 aliphatic rings. The van der Waals surface area contributed by atoms with Crippen LogP contribution in [-0.4, -0.2) is 46.8 Å². The lowest BCUT2D eigenvalue weighted by Gasteiger charge is -2.20. The fraction of sp³-hybridized carbons (Fsp3) is 0.333. The lowest BCUT2D eigenvalue weighted by molar-refractivity contribution is -0.122. The van der Waals surface area contributed by atoms with E-state index in [9.17, 15) is 9.59 Å². The van der Waals surface area contributed by atoms with Gasteiger partial charge in [0, 0.05) is 31.2 Å². The van der Waals surface area contributed by atoms with Crippen LogP contribution < -0.4 is 29.2 Å². The summed E-state index contributed by atoms with van der Waals surface area (Å²) in [6.07, 6.45) is 0.0774. The first-order valence-electron chi connectivity index (χ1n) is 9.16. The standard InChI is InChI=1S/C21H23ClN2O6/c1-27-13-5-6-16(19(8-13)30-4)24-11-12(7-20(24)25)21(26)23-15-10-17(28-2)14(22)9-18(15)29-3/h5-6,8-10,12H,7,11H2,1-4H3,(H,23,26). The zero-order valence-electron chi connectivity index (χ0n) is 17.2. The smallest absolute Gasteiger partial charge is 0.229 e. The molecule has 0 spiro atoms. The van der Waals surface area contributed by atoms with Crippen LogP contribution >= 0.6 is 11.6 Å². The number of nitrogens with one attached hydrogen (secondary N) is 1. The third-order valence-electron chi connectivity index (χ3n) is 4.91. The van der Waals surface area contributed by atoms with Crippen LogP contribution in [0.4, 0.5) is 11.4 Å². The molecule has 160 valence electrons. The Morgan fingerprint density at radius 2 is 1.70 bits per heavy atom. The van der Waals surface area contributed by atoms with E-state index >= 15 is 0 Å². The second-order valence-electron chi connectivity index (χ2n) is 6.62. The molecule has 9 heteroatoms. The van der Waals surface area contributed by atoms with Gasteiger partial charge in [0.05, 0.1) is 50.8 Å². The first-order valence-corrected chi connectivity index (χ1v) is 9.54. The van der Waals surface area contributed by atoms with Gasteiger partial charge in [0.1, 0.15) is 23.0 Å². The third kappa shape index (κ3) is 4.23. The second kappa shape index (κ2) is 9.13. The van der Waals surface area contributed by atoms with Gasteiger partial charge in [0.25, 0.3) is 0 Å². The van der Waals surface area contributed by atoms with Crippen LogP contribution in [0.3, 0.4) is 0 Å². The largest absolute Gasteiger partial charge is 0.497 e. The monoisotopic (exact) mass is 434 g/mol. The van der Waals surface area contributed by atoms with E-state index in [-0.39, 0.29) is 24.8 Å². The summed E-state index contributed by atoms with van der Waals surface area (Å²) >= 11 is 6.11. The Bertz CT molecular complexity index is 965. The summed E-state index contributed by atoms with van der Waals surface area (Å²) < 4.78 is 21.1. The first kappa shape index (κ1) is 21.6. The molecule has 0 aliphatic carbocycles. The van der Waals surface area contributed by atoms with Gasteiger partial charge in [-0.2, -0.15) is 0 Å². The molecule has 0 bridgehead atoms. The minimum Gasteiger partial charge on any atom is -0.497 e. The molecule has 30 heavy (non-hydrogen) atoms.